The first kappa shape index (κ1) is 17.5. The van der Waals surface area contributed by atoms with E-state index >= 15 is 0 Å². The Bertz CT molecular complexity index is 730. The van der Waals surface area contributed by atoms with E-state index < -0.39 is 43.3 Å². The topological polar surface area (TPSA) is 176 Å². The molecule has 120 valence electrons. The zero-order chi connectivity index (χ0) is 17.1. The summed E-state index contributed by atoms with van der Waals surface area (Å²) in [7, 11) is -4.08. The molecule has 0 bridgehead atoms. The Morgan fingerprint density at radius 1 is 1.55 bits per heavy atom. The van der Waals surface area contributed by atoms with E-state index in [9.17, 15) is 23.3 Å². The number of benzene rings is 1. The molecule has 5 N–H and O–H groups in total. The van der Waals surface area contributed by atoms with E-state index in [-0.39, 0.29) is 12.1 Å². The molecule has 0 saturated heterocycles. The summed E-state index contributed by atoms with van der Waals surface area (Å²) in [6.07, 6.45) is -0.163. The highest BCUT2D eigenvalue weighted by Gasteiger charge is 2.21. The molecule has 10 nitrogen and oxygen atoms in total. The Morgan fingerprint density at radius 2 is 2.14 bits per heavy atom. The van der Waals surface area contributed by atoms with E-state index in [0.717, 1.165) is 12.1 Å². The van der Waals surface area contributed by atoms with E-state index in [4.69, 9.17) is 15.7 Å². The maximum absolute atomic E-state index is 11.2. The number of hydrogen-bond acceptors (Lipinski definition) is 7. The van der Waals surface area contributed by atoms with Crippen LogP contribution >= 0.6 is 0 Å². The average molecular weight is 330 g/mol. The number of nitrogens with zero attached hydrogens (tertiary/aromatic N) is 1. The van der Waals surface area contributed by atoms with Crippen LogP contribution < -0.4 is 10.5 Å². The summed E-state index contributed by atoms with van der Waals surface area (Å²) in [5.41, 5.74) is -1.06. The lowest BCUT2D eigenvalue weighted by Gasteiger charge is -2.15. The van der Waals surface area contributed by atoms with Gasteiger partial charge in [0.1, 0.15) is 11.4 Å². The van der Waals surface area contributed by atoms with Crippen molar-refractivity contribution in [1.82, 2.24) is 0 Å². The summed E-state index contributed by atoms with van der Waals surface area (Å²) in [4.78, 5) is 20.4. The van der Waals surface area contributed by atoms with Gasteiger partial charge in [0.2, 0.25) is 10.0 Å². The molecule has 22 heavy (non-hydrogen) atoms. The monoisotopic (exact) mass is 330 g/mol. The fourth-order valence-corrected chi connectivity index (χ4v) is 2.21. The highest BCUT2D eigenvalue weighted by Crippen LogP contribution is 2.28. The lowest BCUT2D eigenvalue weighted by Crippen LogP contribution is -2.24. The Labute approximate surface area is 125 Å². The first-order valence-corrected chi connectivity index (χ1v) is 7.45. The molecule has 11 heteroatoms. The van der Waals surface area contributed by atoms with Gasteiger partial charge < -0.3 is 10.4 Å². The van der Waals surface area contributed by atoms with Crippen LogP contribution in [-0.2, 0) is 14.8 Å². The van der Waals surface area contributed by atoms with Gasteiger partial charge in [0.25, 0.3) is 5.69 Å². The van der Waals surface area contributed by atoms with Crippen molar-refractivity contribution < 1.29 is 23.2 Å². The first-order valence-electron chi connectivity index (χ1n) is 5.91. The molecule has 0 radical (unpaired) electrons. The minimum absolute atomic E-state index is 0.00286. The molecule has 0 aliphatic heterocycles. The van der Waals surface area contributed by atoms with Gasteiger partial charge in [0.15, 0.2) is 0 Å². The maximum atomic E-state index is 11.2. The normalized spacial score (nSPS) is 12.5. The van der Waals surface area contributed by atoms with Crippen molar-refractivity contribution in [3.63, 3.8) is 0 Å². The Kier molecular flexibility index (Phi) is 5.17. The third kappa shape index (κ3) is 4.49. The molecular formula is C11H14N4O6S. The number of sulfonamides is 1. The average Bonchev–Trinajstić information content (AvgIpc) is 2.37. The van der Waals surface area contributed by atoms with Gasteiger partial charge in [-0.3, -0.25) is 15.5 Å². The van der Waals surface area contributed by atoms with Gasteiger partial charge in [-0.15, -0.1) is 0 Å². The fraction of sp³-hybridized carbons (Fsp3) is 0.273. The number of nitrogens with one attached hydrogen (secondary N) is 2. The van der Waals surface area contributed by atoms with Gasteiger partial charge in [-0.25, -0.2) is 18.4 Å². The Morgan fingerprint density at radius 3 is 2.59 bits per heavy atom. The van der Waals surface area contributed by atoms with E-state index in [0.29, 0.717) is 0 Å². The van der Waals surface area contributed by atoms with Crippen molar-refractivity contribution in [3.8, 4) is 0 Å². The van der Waals surface area contributed by atoms with E-state index in [1.54, 1.807) is 0 Å². The summed E-state index contributed by atoms with van der Waals surface area (Å²) in [5.74, 6) is -1.38. The third-order valence-corrected chi connectivity index (χ3v) is 3.58. The number of carboxylic acid groups (broad SMARTS) is 1. The molecule has 0 unspecified atom stereocenters. The smallest absolute Gasteiger partial charge is 0.349 e. The number of carboxylic acids is 1. The Hall–Kier alpha value is -2.53. The number of rotatable bonds is 7. The van der Waals surface area contributed by atoms with Crippen LogP contribution in [0, 0.1) is 15.5 Å². The second-order valence-electron chi connectivity index (χ2n) is 4.51. The van der Waals surface area contributed by atoms with Crippen LogP contribution in [0.25, 0.3) is 0 Å². The van der Waals surface area contributed by atoms with E-state index in [1.165, 1.54) is 13.0 Å². The summed E-state index contributed by atoms with van der Waals surface area (Å²) >= 11 is 0. The van der Waals surface area contributed by atoms with Crippen molar-refractivity contribution in [2.75, 3.05) is 5.32 Å². The minimum Gasteiger partial charge on any atom is -0.477 e. The molecule has 0 spiro atoms. The van der Waals surface area contributed by atoms with Crippen LogP contribution in [0.1, 0.15) is 13.3 Å². The standard InChI is InChI=1S/C11H14N4O6S/c1-6(4-8(12)11(16)17)14-9-3-2-7(22(13,20)21)5-10(9)15(18)19/h2-3,5-6,12,14H,4H2,1H3,(H,16,17)(H2,13,20,21)/t6-/m0/s1. The predicted molar refractivity (Wildman–Crippen MR) is 77.5 cm³/mol. The highest BCUT2D eigenvalue weighted by atomic mass is 32.2. The Balaban J connectivity index is 3.07. The number of nitro groups is 1. The number of nitro benzene ring substituents is 1. The van der Waals surface area contributed by atoms with E-state index in [2.05, 4.69) is 5.32 Å². The van der Waals surface area contributed by atoms with Crippen LogP contribution in [0.15, 0.2) is 23.1 Å². The molecule has 1 atom stereocenters. The number of carbonyl (C=O) groups is 1. The van der Waals surface area contributed by atoms with Gasteiger partial charge >= 0.3 is 5.97 Å². The van der Waals surface area contributed by atoms with Crippen molar-refractivity contribution >= 4 is 33.1 Å². The first-order chi connectivity index (χ1) is 10.0. The molecule has 0 aliphatic carbocycles. The highest BCUT2D eigenvalue weighted by molar-refractivity contribution is 7.89. The quantitative estimate of drug-likeness (QED) is 0.320. The van der Waals surface area contributed by atoms with Crippen LogP contribution in [0.4, 0.5) is 11.4 Å². The molecular weight excluding hydrogens is 316 g/mol. The van der Waals surface area contributed by atoms with E-state index in [1.807, 2.05) is 0 Å². The number of hydrogen-bond donors (Lipinski definition) is 4. The lowest BCUT2D eigenvalue weighted by atomic mass is 10.1. The largest absolute Gasteiger partial charge is 0.477 e. The number of nitrogens with two attached hydrogens (primary N) is 1. The zero-order valence-corrected chi connectivity index (χ0v) is 12.3. The van der Waals surface area contributed by atoms with Crippen LogP contribution in [-0.4, -0.2) is 36.2 Å². The third-order valence-electron chi connectivity index (χ3n) is 2.66. The molecule has 1 rings (SSSR count). The van der Waals surface area contributed by atoms with Gasteiger partial charge in [0, 0.05) is 18.5 Å². The van der Waals surface area contributed by atoms with Gasteiger partial charge in [-0.2, -0.15) is 0 Å². The molecule has 1 aromatic rings. The second-order valence-corrected chi connectivity index (χ2v) is 6.08. The van der Waals surface area contributed by atoms with Gasteiger partial charge in [-0.1, -0.05) is 0 Å². The fourth-order valence-electron chi connectivity index (χ4n) is 1.67. The minimum atomic E-state index is -4.08. The summed E-state index contributed by atoms with van der Waals surface area (Å²) < 4.78 is 22.4. The van der Waals surface area contributed by atoms with Crippen molar-refractivity contribution in [2.45, 2.75) is 24.3 Å². The molecule has 0 saturated carbocycles. The summed E-state index contributed by atoms with van der Waals surface area (Å²) in [6.45, 7) is 1.54. The molecule has 1 aromatic carbocycles. The van der Waals surface area contributed by atoms with Gasteiger partial charge in [0.05, 0.1) is 9.82 Å². The van der Waals surface area contributed by atoms with Crippen LogP contribution in [0.3, 0.4) is 0 Å². The summed E-state index contributed by atoms with van der Waals surface area (Å²) in [5, 5.41) is 34.4. The second kappa shape index (κ2) is 6.49. The summed E-state index contributed by atoms with van der Waals surface area (Å²) in [6, 6.07) is 2.49. The van der Waals surface area contributed by atoms with Crippen LogP contribution in [0.2, 0.25) is 0 Å². The number of primary sulfonamides is 1. The van der Waals surface area contributed by atoms with Crippen LogP contribution in [0.5, 0.6) is 0 Å². The predicted octanol–water partition coefficient (Wildman–Crippen LogP) is 0.537. The number of aliphatic carboxylic acids is 1. The zero-order valence-electron chi connectivity index (χ0n) is 11.4. The molecule has 0 fully saturated rings. The molecule has 0 aliphatic rings. The molecule has 0 aromatic heterocycles. The molecule has 0 heterocycles. The lowest BCUT2D eigenvalue weighted by molar-refractivity contribution is -0.384. The van der Waals surface area contributed by atoms with Crippen molar-refractivity contribution in [1.29, 1.82) is 5.41 Å². The molecule has 0 amide bonds. The maximum Gasteiger partial charge on any atom is 0.349 e. The van der Waals surface area contributed by atoms with Crippen molar-refractivity contribution in [2.24, 2.45) is 5.14 Å². The van der Waals surface area contributed by atoms with Crippen molar-refractivity contribution in [3.05, 3.63) is 28.3 Å². The van der Waals surface area contributed by atoms with Gasteiger partial charge in [-0.05, 0) is 19.1 Å². The number of anilines is 1. The SMILES string of the molecule is C[C@@H](CC(=N)C(=O)O)Nc1ccc(S(N)(=O)=O)cc1[N+](=O)[O-].